The van der Waals surface area contributed by atoms with E-state index in [1.54, 1.807) is 0 Å². The van der Waals surface area contributed by atoms with Crippen molar-refractivity contribution in [1.82, 2.24) is 4.90 Å². The van der Waals surface area contributed by atoms with Crippen LogP contribution in [0.25, 0.3) is 0 Å². The third-order valence-electron chi connectivity index (χ3n) is 3.93. The van der Waals surface area contributed by atoms with Gasteiger partial charge in [-0.05, 0) is 18.1 Å². The maximum atomic E-state index is 11.7. The average molecular weight is 313 g/mol. The van der Waals surface area contributed by atoms with Gasteiger partial charge in [0, 0.05) is 19.1 Å². The number of ether oxygens (including phenoxy) is 1. The normalized spacial score (nSPS) is 13.6. The van der Waals surface area contributed by atoms with Crippen LogP contribution in [0, 0.1) is 0 Å². The first-order valence-electron chi connectivity index (χ1n) is 7.69. The first kappa shape index (κ1) is 17.2. The SMILES string of the molecule is COC(=O)[C@@H](O)[C@H](C)N(Cc1ccccc1)Cc1ccccc1. The molecule has 2 atom stereocenters. The van der Waals surface area contributed by atoms with E-state index in [2.05, 4.69) is 9.64 Å². The van der Waals surface area contributed by atoms with Gasteiger partial charge >= 0.3 is 5.97 Å². The monoisotopic (exact) mass is 313 g/mol. The summed E-state index contributed by atoms with van der Waals surface area (Å²) in [5.74, 6) is -0.608. The number of carbonyl (C=O) groups is 1. The van der Waals surface area contributed by atoms with E-state index in [0.717, 1.165) is 11.1 Å². The van der Waals surface area contributed by atoms with Crippen LogP contribution in [0.1, 0.15) is 18.1 Å². The van der Waals surface area contributed by atoms with Crippen molar-refractivity contribution < 1.29 is 14.6 Å². The van der Waals surface area contributed by atoms with Gasteiger partial charge in [-0.15, -0.1) is 0 Å². The molecule has 0 unspecified atom stereocenters. The van der Waals surface area contributed by atoms with Crippen LogP contribution in [-0.4, -0.2) is 35.2 Å². The lowest BCUT2D eigenvalue weighted by molar-refractivity contribution is -0.154. The van der Waals surface area contributed by atoms with Gasteiger partial charge in [0.2, 0.25) is 0 Å². The maximum Gasteiger partial charge on any atom is 0.336 e. The van der Waals surface area contributed by atoms with E-state index in [4.69, 9.17) is 0 Å². The van der Waals surface area contributed by atoms with Crippen LogP contribution in [0.5, 0.6) is 0 Å². The summed E-state index contributed by atoms with van der Waals surface area (Å²) < 4.78 is 4.67. The van der Waals surface area contributed by atoms with Gasteiger partial charge in [0.1, 0.15) is 0 Å². The van der Waals surface area contributed by atoms with E-state index in [1.165, 1.54) is 7.11 Å². The van der Waals surface area contributed by atoms with Crippen molar-refractivity contribution in [3.05, 3.63) is 71.8 Å². The smallest absolute Gasteiger partial charge is 0.336 e. The van der Waals surface area contributed by atoms with Crippen molar-refractivity contribution in [1.29, 1.82) is 0 Å². The highest BCUT2D eigenvalue weighted by Crippen LogP contribution is 2.16. The zero-order chi connectivity index (χ0) is 16.7. The molecule has 23 heavy (non-hydrogen) atoms. The highest BCUT2D eigenvalue weighted by atomic mass is 16.5. The summed E-state index contributed by atoms with van der Waals surface area (Å²) in [5, 5.41) is 10.2. The van der Waals surface area contributed by atoms with Crippen molar-refractivity contribution in [2.45, 2.75) is 32.2 Å². The average Bonchev–Trinajstić information content (AvgIpc) is 2.61. The molecule has 0 aliphatic carbocycles. The Morgan fingerprint density at radius 2 is 1.43 bits per heavy atom. The molecule has 0 radical (unpaired) electrons. The summed E-state index contributed by atoms with van der Waals surface area (Å²) in [6.45, 7) is 3.13. The number of carbonyl (C=O) groups excluding carboxylic acids is 1. The second-order valence-corrected chi connectivity index (χ2v) is 5.58. The lowest BCUT2D eigenvalue weighted by Gasteiger charge is -2.31. The lowest BCUT2D eigenvalue weighted by atomic mass is 10.1. The standard InChI is InChI=1S/C19H23NO3/c1-15(18(21)19(22)23-2)20(13-16-9-5-3-6-10-16)14-17-11-7-4-8-12-17/h3-12,15,18,21H,13-14H2,1-2H3/t15-,18-/m0/s1. The third kappa shape index (κ3) is 4.91. The fraction of sp³-hybridized carbons (Fsp3) is 0.316. The molecule has 0 saturated carbocycles. The fourth-order valence-electron chi connectivity index (χ4n) is 2.50. The second-order valence-electron chi connectivity index (χ2n) is 5.58. The van der Waals surface area contributed by atoms with E-state index in [0.29, 0.717) is 13.1 Å². The largest absolute Gasteiger partial charge is 0.467 e. The van der Waals surface area contributed by atoms with E-state index < -0.39 is 12.1 Å². The number of hydrogen-bond acceptors (Lipinski definition) is 4. The molecule has 0 heterocycles. The van der Waals surface area contributed by atoms with Crippen LogP contribution in [-0.2, 0) is 22.6 Å². The molecule has 0 saturated heterocycles. The maximum absolute atomic E-state index is 11.7. The number of methoxy groups -OCH3 is 1. The van der Waals surface area contributed by atoms with Crippen LogP contribution < -0.4 is 0 Å². The predicted molar refractivity (Wildman–Crippen MR) is 89.6 cm³/mol. The molecule has 0 bridgehead atoms. The van der Waals surface area contributed by atoms with E-state index in [-0.39, 0.29) is 6.04 Å². The van der Waals surface area contributed by atoms with Crippen molar-refractivity contribution in [3.8, 4) is 0 Å². The van der Waals surface area contributed by atoms with Gasteiger partial charge in [0.05, 0.1) is 7.11 Å². The molecule has 1 N–H and O–H groups in total. The number of aliphatic hydroxyl groups is 1. The Labute approximate surface area is 137 Å². The van der Waals surface area contributed by atoms with Crippen LogP contribution in [0.2, 0.25) is 0 Å². The Bertz CT molecular complexity index is 559. The van der Waals surface area contributed by atoms with Crippen molar-refractivity contribution in [3.63, 3.8) is 0 Å². The molecule has 2 aromatic carbocycles. The summed E-state index contributed by atoms with van der Waals surface area (Å²) in [7, 11) is 1.29. The molecule has 4 heteroatoms. The van der Waals surface area contributed by atoms with Gasteiger partial charge in [-0.25, -0.2) is 4.79 Å². The van der Waals surface area contributed by atoms with Crippen LogP contribution in [0.3, 0.4) is 0 Å². The van der Waals surface area contributed by atoms with Gasteiger partial charge in [0.25, 0.3) is 0 Å². The zero-order valence-corrected chi connectivity index (χ0v) is 13.6. The van der Waals surface area contributed by atoms with Gasteiger partial charge in [-0.2, -0.15) is 0 Å². The number of aliphatic hydroxyl groups excluding tert-OH is 1. The van der Waals surface area contributed by atoms with Gasteiger partial charge in [0.15, 0.2) is 6.10 Å². The minimum atomic E-state index is -1.17. The third-order valence-corrected chi connectivity index (χ3v) is 3.93. The van der Waals surface area contributed by atoms with Crippen LogP contribution in [0.4, 0.5) is 0 Å². The number of benzene rings is 2. The summed E-state index contributed by atoms with van der Waals surface area (Å²) in [6, 6.07) is 19.7. The molecule has 0 aliphatic heterocycles. The van der Waals surface area contributed by atoms with Gasteiger partial charge < -0.3 is 9.84 Å². The Hall–Kier alpha value is -2.17. The molecular weight excluding hydrogens is 290 g/mol. The lowest BCUT2D eigenvalue weighted by Crippen LogP contribution is -2.45. The zero-order valence-electron chi connectivity index (χ0n) is 13.6. The van der Waals surface area contributed by atoms with Gasteiger partial charge in [-0.1, -0.05) is 60.7 Å². The molecule has 2 aromatic rings. The molecule has 0 fully saturated rings. The Morgan fingerprint density at radius 1 is 1.00 bits per heavy atom. The predicted octanol–water partition coefficient (Wildman–Crippen LogP) is 2.61. The Morgan fingerprint density at radius 3 is 1.83 bits per heavy atom. The number of nitrogens with zero attached hydrogens (tertiary/aromatic N) is 1. The number of hydrogen-bond donors (Lipinski definition) is 1. The summed E-state index contributed by atoms with van der Waals surface area (Å²) >= 11 is 0. The fourth-order valence-corrected chi connectivity index (χ4v) is 2.50. The topological polar surface area (TPSA) is 49.8 Å². The summed E-state index contributed by atoms with van der Waals surface area (Å²) in [5.41, 5.74) is 2.26. The quantitative estimate of drug-likeness (QED) is 0.798. The van der Waals surface area contributed by atoms with Gasteiger partial charge in [-0.3, -0.25) is 4.90 Å². The molecule has 4 nitrogen and oxygen atoms in total. The van der Waals surface area contributed by atoms with E-state index in [1.807, 2.05) is 67.6 Å². The Balaban J connectivity index is 2.18. The molecule has 0 spiro atoms. The molecule has 0 amide bonds. The van der Waals surface area contributed by atoms with Crippen molar-refractivity contribution in [2.24, 2.45) is 0 Å². The highest BCUT2D eigenvalue weighted by molar-refractivity contribution is 5.75. The van der Waals surface area contributed by atoms with E-state index >= 15 is 0 Å². The molecular formula is C19H23NO3. The second kappa shape index (κ2) is 8.46. The molecule has 0 aromatic heterocycles. The minimum absolute atomic E-state index is 0.358. The number of rotatable bonds is 7. The molecule has 2 rings (SSSR count). The first-order valence-corrected chi connectivity index (χ1v) is 7.69. The van der Waals surface area contributed by atoms with Crippen LogP contribution >= 0.6 is 0 Å². The van der Waals surface area contributed by atoms with Crippen LogP contribution in [0.15, 0.2) is 60.7 Å². The Kier molecular flexibility index (Phi) is 6.32. The van der Waals surface area contributed by atoms with Crippen molar-refractivity contribution >= 4 is 5.97 Å². The number of esters is 1. The molecule has 122 valence electrons. The minimum Gasteiger partial charge on any atom is -0.467 e. The van der Waals surface area contributed by atoms with Crippen molar-refractivity contribution in [2.75, 3.05) is 7.11 Å². The van der Waals surface area contributed by atoms with E-state index in [9.17, 15) is 9.90 Å². The summed E-state index contributed by atoms with van der Waals surface area (Å²) in [6.07, 6.45) is -1.17. The first-order chi connectivity index (χ1) is 11.1. The highest BCUT2D eigenvalue weighted by Gasteiger charge is 2.28. The summed E-state index contributed by atoms with van der Waals surface area (Å²) in [4.78, 5) is 13.7. The molecule has 0 aliphatic rings.